The van der Waals surface area contributed by atoms with Crippen LogP contribution in [0.5, 0.6) is 5.88 Å². The number of fused-ring (bicyclic) bond motifs is 3. The van der Waals surface area contributed by atoms with Crippen LogP contribution in [-0.4, -0.2) is 26.8 Å². The summed E-state index contributed by atoms with van der Waals surface area (Å²) < 4.78 is 6.42. The molecule has 1 aliphatic heterocycles. The van der Waals surface area contributed by atoms with Gasteiger partial charge in [-0.15, -0.1) is 10.2 Å². The maximum Gasteiger partial charge on any atom is 0.247 e. The van der Waals surface area contributed by atoms with Gasteiger partial charge in [-0.3, -0.25) is 9.69 Å². The zero-order valence-electron chi connectivity index (χ0n) is 18.3. The van der Waals surface area contributed by atoms with E-state index in [1.807, 2.05) is 50.2 Å². The monoisotopic (exact) mass is 434 g/mol. The summed E-state index contributed by atoms with van der Waals surface area (Å²) in [7, 11) is 0. The van der Waals surface area contributed by atoms with Crippen LogP contribution in [0.2, 0.25) is 0 Å². The molecule has 1 aliphatic rings. The molecule has 7 heteroatoms. The Hall–Kier alpha value is -2.93. The molecule has 0 spiro atoms. The van der Waals surface area contributed by atoms with Gasteiger partial charge < -0.3 is 4.74 Å². The number of hydrogen-bond acceptors (Lipinski definition) is 6. The van der Waals surface area contributed by atoms with Crippen LogP contribution < -0.4 is 9.64 Å². The molecule has 0 bridgehead atoms. The average molecular weight is 435 g/mol. The molecule has 0 N–H and O–H groups in total. The smallest absolute Gasteiger partial charge is 0.247 e. The molecular weight excluding hydrogens is 408 g/mol. The fourth-order valence-electron chi connectivity index (χ4n) is 3.81. The molecule has 0 radical (unpaired) electrons. The Morgan fingerprint density at radius 1 is 1.16 bits per heavy atom. The van der Waals surface area contributed by atoms with Crippen molar-refractivity contribution in [3.8, 4) is 17.1 Å². The van der Waals surface area contributed by atoms with Crippen molar-refractivity contribution in [2.24, 2.45) is 0 Å². The van der Waals surface area contributed by atoms with Gasteiger partial charge >= 0.3 is 0 Å². The van der Waals surface area contributed by atoms with E-state index in [9.17, 15) is 4.79 Å². The van der Waals surface area contributed by atoms with Gasteiger partial charge in [-0.05, 0) is 31.9 Å². The van der Waals surface area contributed by atoms with Crippen LogP contribution >= 0.6 is 11.8 Å². The number of ether oxygens (including phenoxy) is 1. The molecule has 0 saturated heterocycles. The Kier molecular flexibility index (Phi) is 6.23. The lowest BCUT2D eigenvalue weighted by molar-refractivity contribution is -0.118. The van der Waals surface area contributed by atoms with Crippen molar-refractivity contribution >= 4 is 23.4 Å². The number of unbranched alkanes of at least 4 members (excludes halogenated alkanes) is 1. The highest BCUT2D eigenvalue weighted by Gasteiger charge is 2.35. The summed E-state index contributed by atoms with van der Waals surface area (Å²) in [5, 5.41) is 9.44. The molecule has 0 aliphatic carbocycles. The number of benzene rings is 2. The lowest BCUT2D eigenvalue weighted by Crippen LogP contribution is -2.36. The van der Waals surface area contributed by atoms with E-state index in [0.29, 0.717) is 16.7 Å². The second-order valence-corrected chi connectivity index (χ2v) is 8.76. The minimum atomic E-state index is -0.648. The fourth-order valence-corrected chi connectivity index (χ4v) is 4.67. The van der Waals surface area contributed by atoms with E-state index in [0.717, 1.165) is 46.5 Å². The van der Waals surface area contributed by atoms with Crippen LogP contribution in [-0.2, 0) is 4.79 Å². The molecule has 31 heavy (non-hydrogen) atoms. The number of anilines is 1. The number of amides is 1. The van der Waals surface area contributed by atoms with Gasteiger partial charge in [0.15, 0.2) is 5.69 Å². The van der Waals surface area contributed by atoms with E-state index in [1.54, 1.807) is 23.6 Å². The second-order valence-electron chi connectivity index (χ2n) is 7.70. The van der Waals surface area contributed by atoms with Gasteiger partial charge in [-0.25, -0.2) is 0 Å². The molecule has 2 aromatic carbocycles. The first-order valence-electron chi connectivity index (χ1n) is 10.5. The Labute approximate surface area is 187 Å². The molecule has 0 unspecified atom stereocenters. The number of aryl methyl sites for hydroxylation is 2. The van der Waals surface area contributed by atoms with Crippen molar-refractivity contribution in [1.82, 2.24) is 15.2 Å². The van der Waals surface area contributed by atoms with Gasteiger partial charge in [0.1, 0.15) is 0 Å². The summed E-state index contributed by atoms with van der Waals surface area (Å²) in [6.07, 6.45) is 1.54. The molecule has 1 amide bonds. The highest BCUT2D eigenvalue weighted by Crippen LogP contribution is 2.45. The number of carbonyl (C=O) groups excluding carboxylic acids is 1. The van der Waals surface area contributed by atoms with Crippen LogP contribution in [0.15, 0.2) is 47.6 Å². The van der Waals surface area contributed by atoms with Crippen molar-refractivity contribution in [2.75, 3.05) is 10.7 Å². The third-order valence-electron chi connectivity index (χ3n) is 5.19. The van der Waals surface area contributed by atoms with Gasteiger partial charge in [0.05, 0.1) is 5.69 Å². The van der Waals surface area contributed by atoms with E-state index in [-0.39, 0.29) is 5.91 Å². The zero-order valence-corrected chi connectivity index (χ0v) is 19.1. The van der Waals surface area contributed by atoms with Gasteiger partial charge in [-0.2, -0.15) is 4.98 Å². The molecular formula is C24H26N4O2S. The SMILES string of the molecule is CCCCSc1nnc2c(n1)O[C@H](c1ccccc1)N(C(C)=O)c1c(C)cc(C)cc1-2. The van der Waals surface area contributed by atoms with E-state index in [2.05, 4.69) is 23.2 Å². The normalized spacial score (nSPS) is 15.0. The Balaban J connectivity index is 1.92. The fraction of sp³-hybridized carbons (Fsp3) is 0.333. The Morgan fingerprint density at radius 2 is 1.94 bits per heavy atom. The largest absolute Gasteiger partial charge is 0.447 e. The summed E-state index contributed by atoms with van der Waals surface area (Å²) in [5.41, 5.74) is 5.08. The summed E-state index contributed by atoms with van der Waals surface area (Å²) >= 11 is 1.57. The number of thioether (sulfide) groups is 1. The number of rotatable bonds is 5. The number of aromatic nitrogens is 3. The van der Waals surface area contributed by atoms with Crippen molar-refractivity contribution in [2.45, 2.75) is 51.9 Å². The van der Waals surface area contributed by atoms with E-state index < -0.39 is 6.23 Å². The molecule has 160 valence electrons. The highest BCUT2D eigenvalue weighted by molar-refractivity contribution is 7.99. The lowest BCUT2D eigenvalue weighted by Gasteiger charge is -2.31. The lowest BCUT2D eigenvalue weighted by atomic mass is 10.00. The maximum absolute atomic E-state index is 12.9. The number of carbonyl (C=O) groups is 1. The number of nitrogens with zero attached hydrogens (tertiary/aromatic N) is 4. The summed E-state index contributed by atoms with van der Waals surface area (Å²) in [6.45, 7) is 7.75. The molecule has 1 aromatic heterocycles. The zero-order chi connectivity index (χ0) is 22.0. The topological polar surface area (TPSA) is 68.2 Å². The molecule has 1 atom stereocenters. The third kappa shape index (κ3) is 4.28. The van der Waals surface area contributed by atoms with E-state index >= 15 is 0 Å². The standard InChI is InChI=1S/C24H26N4O2S/c1-5-6-12-31-24-25-22-20(26-27-24)19-14-15(2)13-16(3)21(19)28(17(4)29)23(30-22)18-10-8-7-9-11-18/h7-11,13-14,23H,5-6,12H2,1-4H3/t23-/m1/s1. The molecule has 6 nitrogen and oxygen atoms in total. The summed E-state index contributed by atoms with van der Waals surface area (Å²) in [5.74, 6) is 1.21. The van der Waals surface area contributed by atoms with E-state index in [4.69, 9.17) is 9.72 Å². The van der Waals surface area contributed by atoms with Crippen molar-refractivity contribution in [3.05, 3.63) is 59.2 Å². The first-order chi connectivity index (χ1) is 15.0. The maximum atomic E-state index is 12.9. The summed E-state index contributed by atoms with van der Waals surface area (Å²) in [4.78, 5) is 19.3. The molecule has 3 aromatic rings. The van der Waals surface area contributed by atoms with Crippen molar-refractivity contribution in [3.63, 3.8) is 0 Å². The van der Waals surface area contributed by atoms with Gasteiger partial charge in [0.2, 0.25) is 23.2 Å². The quantitative estimate of drug-likeness (QED) is 0.391. The highest BCUT2D eigenvalue weighted by atomic mass is 32.2. The van der Waals surface area contributed by atoms with Gasteiger partial charge in [-0.1, -0.05) is 67.1 Å². The van der Waals surface area contributed by atoms with Crippen LogP contribution in [0.1, 0.15) is 49.6 Å². The number of hydrogen-bond donors (Lipinski definition) is 0. The van der Waals surface area contributed by atoms with Crippen LogP contribution in [0.25, 0.3) is 11.3 Å². The Morgan fingerprint density at radius 3 is 2.65 bits per heavy atom. The first-order valence-corrected chi connectivity index (χ1v) is 11.5. The van der Waals surface area contributed by atoms with E-state index in [1.165, 1.54) is 0 Å². The third-order valence-corrected chi connectivity index (χ3v) is 6.11. The van der Waals surface area contributed by atoms with Crippen molar-refractivity contribution < 1.29 is 9.53 Å². The molecule has 4 rings (SSSR count). The predicted molar refractivity (Wildman–Crippen MR) is 123 cm³/mol. The summed E-state index contributed by atoms with van der Waals surface area (Å²) in [6, 6.07) is 13.8. The van der Waals surface area contributed by atoms with Gasteiger partial charge in [0.25, 0.3) is 0 Å². The second kappa shape index (κ2) is 9.06. The van der Waals surface area contributed by atoms with Crippen molar-refractivity contribution in [1.29, 1.82) is 0 Å². The van der Waals surface area contributed by atoms with Crippen LogP contribution in [0, 0.1) is 13.8 Å². The van der Waals surface area contributed by atoms with Crippen LogP contribution in [0.4, 0.5) is 5.69 Å². The average Bonchev–Trinajstić information content (AvgIpc) is 2.89. The first kappa shape index (κ1) is 21.3. The predicted octanol–water partition coefficient (Wildman–Crippen LogP) is 5.49. The van der Waals surface area contributed by atoms with Gasteiger partial charge in [0, 0.05) is 23.8 Å². The molecule has 0 fully saturated rings. The minimum Gasteiger partial charge on any atom is -0.447 e. The Bertz CT molecular complexity index is 1100. The molecule has 0 saturated carbocycles. The van der Waals surface area contributed by atoms with Crippen LogP contribution in [0.3, 0.4) is 0 Å². The molecule has 2 heterocycles. The minimum absolute atomic E-state index is 0.111.